The Hall–Kier alpha value is -3.73. The van der Waals surface area contributed by atoms with Crippen LogP contribution in [-0.4, -0.2) is 45.8 Å². The van der Waals surface area contributed by atoms with Crippen molar-refractivity contribution in [1.82, 2.24) is 14.6 Å². The molecule has 0 bridgehead atoms. The van der Waals surface area contributed by atoms with Gasteiger partial charge in [-0.25, -0.2) is 14.3 Å². The summed E-state index contributed by atoms with van der Waals surface area (Å²) in [6, 6.07) is 12.9. The van der Waals surface area contributed by atoms with Crippen molar-refractivity contribution in [2.75, 3.05) is 12.0 Å². The van der Waals surface area contributed by atoms with E-state index in [4.69, 9.17) is 4.74 Å². The van der Waals surface area contributed by atoms with Crippen LogP contribution in [0.5, 0.6) is 0 Å². The molecule has 1 amide bonds. The van der Waals surface area contributed by atoms with E-state index in [1.165, 1.54) is 18.4 Å². The number of esters is 1. The van der Waals surface area contributed by atoms with Gasteiger partial charge in [0, 0.05) is 40.9 Å². The van der Waals surface area contributed by atoms with Crippen molar-refractivity contribution in [3.8, 4) is 21.7 Å². The third-order valence-corrected chi connectivity index (χ3v) is 8.49. The van der Waals surface area contributed by atoms with E-state index in [0.717, 1.165) is 27.3 Å². The van der Waals surface area contributed by atoms with Crippen molar-refractivity contribution < 1.29 is 27.5 Å². The molecule has 3 heterocycles. The highest BCUT2D eigenvalue weighted by Crippen LogP contribution is 2.43. The lowest BCUT2D eigenvalue weighted by Crippen LogP contribution is -2.43. The quantitative estimate of drug-likeness (QED) is 0.233. The van der Waals surface area contributed by atoms with Gasteiger partial charge in [-0.05, 0) is 57.2 Å². The fourth-order valence-electron chi connectivity index (χ4n) is 5.23. The molecule has 1 fully saturated rings. The number of methoxy groups -OCH3 is 1. The summed E-state index contributed by atoms with van der Waals surface area (Å²) in [6.07, 6.45) is -0.530. The Bertz CT molecular complexity index is 1490. The van der Waals surface area contributed by atoms with Gasteiger partial charge in [0.2, 0.25) is 5.91 Å². The number of alkyl halides is 3. The number of fused-ring (bicyclic) bond motifs is 1. The maximum Gasteiger partial charge on any atom is 0.391 e. The molecule has 4 aromatic rings. The number of anilines is 1. The first-order valence-electron chi connectivity index (χ1n) is 13.1. The maximum atomic E-state index is 13.7. The highest BCUT2D eigenvalue weighted by Gasteiger charge is 2.43. The third kappa shape index (κ3) is 5.47. The number of nitrogens with zero attached hydrogens (tertiary/aromatic N) is 4. The molecule has 210 valence electrons. The predicted octanol–water partition coefficient (Wildman–Crippen LogP) is 7.02. The molecule has 5 rings (SSSR count). The van der Waals surface area contributed by atoms with Gasteiger partial charge in [0.05, 0.1) is 24.4 Å². The summed E-state index contributed by atoms with van der Waals surface area (Å²) >= 11 is 1.22. The summed E-state index contributed by atoms with van der Waals surface area (Å²) < 4.78 is 46.3. The van der Waals surface area contributed by atoms with Gasteiger partial charge in [0.15, 0.2) is 5.65 Å². The van der Waals surface area contributed by atoms with E-state index in [1.807, 2.05) is 50.4 Å². The van der Waals surface area contributed by atoms with Gasteiger partial charge in [0.1, 0.15) is 4.88 Å². The molecular weight excluding hydrogens is 541 g/mol. The number of hydrogen-bond donors (Lipinski definition) is 0. The van der Waals surface area contributed by atoms with E-state index in [2.05, 4.69) is 10.1 Å². The molecule has 0 atom stereocenters. The number of amides is 1. The van der Waals surface area contributed by atoms with Crippen LogP contribution >= 0.6 is 11.3 Å². The van der Waals surface area contributed by atoms with E-state index >= 15 is 0 Å². The first kappa shape index (κ1) is 27.8. The van der Waals surface area contributed by atoms with Gasteiger partial charge < -0.3 is 9.64 Å². The van der Waals surface area contributed by atoms with Crippen LogP contribution in [-0.2, 0) is 9.53 Å². The molecule has 40 heavy (non-hydrogen) atoms. The number of rotatable bonds is 6. The van der Waals surface area contributed by atoms with Crippen LogP contribution in [0.2, 0.25) is 0 Å². The van der Waals surface area contributed by atoms with E-state index < -0.39 is 24.0 Å². The summed E-state index contributed by atoms with van der Waals surface area (Å²) in [5, 5.41) is 4.55. The number of halogens is 3. The molecule has 0 aliphatic heterocycles. The normalized spacial score (nSPS) is 17.8. The molecule has 0 N–H and O–H groups in total. The number of aromatic nitrogens is 3. The number of thiophene rings is 1. The van der Waals surface area contributed by atoms with Crippen molar-refractivity contribution in [2.45, 2.75) is 51.7 Å². The minimum Gasteiger partial charge on any atom is -0.465 e. The molecule has 0 saturated heterocycles. The lowest BCUT2D eigenvalue weighted by molar-refractivity contribution is -0.184. The molecule has 0 radical (unpaired) electrons. The number of carbonyl (C=O) groups is 2. The zero-order valence-electron chi connectivity index (χ0n) is 22.3. The summed E-state index contributed by atoms with van der Waals surface area (Å²) in [5.74, 6) is -2.74. The number of hydrogen-bond acceptors (Lipinski definition) is 6. The van der Waals surface area contributed by atoms with Gasteiger partial charge in [-0.3, -0.25) is 4.79 Å². The minimum atomic E-state index is -4.25. The third-order valence-electron chi connectivity index (χ3n) is 7.34. The summed E-state index contributed by atoms with van der Waals surface area (Å²) in [7, 11) is 1.28. The average molecular weight is 571 g/mol. The van der Waals surface area contributed by atoms with Gasteiger partial charge in [0.25, 0.3) is 0 Å². The molecule has 0 unspecified atom stereocenters. The zero-order chi connectivity index (χ0) is 28.6. The Morgan fingerprint density at radius 1 is 1.07 bits per heavy atom. The standard InChI is InChI=1S/C29H29F3N4O3S/c1-17(2)36(27(37)20-9-11-21(12-10-20)29(30,31)32)23-16-24(40-26(23)28(38)39-3)19-7-5-18(6-8-19)22-15-25-33-13-4-14-35(25)34-22/h4-8,13-17,20-21H,9-12H2,1-3H3. The molecule has 7 nitrogen and oxygen atoms in total. The van der Waals surface area contributed by atoms with Gasteiger partial charge in [-0.1, -0.05) is 24.3 Å². The van der Waals surface area contributed by atoms with Crippen molar-refractivity contribution >= 4 is 34.5 Å². The van der Waals surface area contributed by atoms with Crippen LogP contribution in [0.1, 0.15) is 49.2 Å². The Morgan fingerprint density at radius 2 is 1.75 bits per heavy atom. The van der Waals surface area contributed by atoms with E-state index in [0.29, 0.717) is 5.69 Å². The number of carbonyl (C=O) groups excluding carboxylic acids is 2. The Kier molecular flexibility index (Phi) is 7.67. The van der Waals surface area contributed by atoms with Crippen LogP contribution in [0.4, 0.5) is 18.9 Å². The monoisotopic (exact) mass is 570 g/mol. The Morgan fingerprint density at radius 3 is 2.35 bits per heavy atom. The average Bonchev–Trinajstić information content (AvgIpc) is 3.57. The first-order chi connectivity index (χ1) is 19.1. The Labute approximate surface area is 233 Å². The maximum absolute atomic E-state index is 13.7. The smallest absolute Gasteiger partial charge is 0.391 e. The van der Waals surface area contributed by atoms with Gasteiger partial charge in [-0.15, -0.1) is 11.3 Å². The van der Waals surface area contributed by atoms with Crippen molar-refractivity contribution in [3.63, 3.8) is 0 Å². The number of ether oxygens (including phenoxy) is 1. The predicted molar refractivity (Wildman–Crippen MR) is 147 cm³/mol. The second kappa shape index (κ2) is 11.0. The van der Waals surface area contributed by atoms with E-state index in [-0.39, 0.29) is 42.5 Å². The zero-order valence-corrected chi connectivity index (χ0v) is 23.1. The van der Waals surface area contributed by atoms with Crippen molar-refractivity contribution in [2.24, 2.45) is 11.8 Å². The first-order valence-corrected chi connectivity index (χ1v) is 13.9. The van der Waals surface area contributed by atoms with E-state index in [9.17, 15) is 22.8 Å². The highest BCUT2D eigenvalue weighted by molar-refractivity contribution is 7.18. The van der Waals surface area contributed by atoms with Crippen LogP contribution < -0.4 is 4.90 Å². The fourth-order valence-corrected chi connectivity index (χ4v) is 6.31. The molecule has 1 aromatic carbocycles. The molecule has 11 heteroatoms. The molecule has 1 aliphatic rings. The van der Waals surface area contributed by atoms with Gasteiger partial charge >= 0.3 is 12.1 Å². The fraction of sp³-hybridized carbons (Fsp3) is 0.379. The van der Waals surface area contributed by atoms with Crippen LogP contribution in [0.15, 0.2) is 54.9 Å². The summed E-state index contributed by atoms with van der Waals surface area (Å²) in [6.45, 7) is 3.66. The molecule has 3 aromatic heterocycles. The SMILES string of the molecule is COC(=O)c1sc(-c2ccc(-c3cc4ncccn4n3)cc2)cc1N(C(=O)C1CCC(C(F)(F)F)CC1)C(C)C. The number of benzene rings is 1. The molecule has 1 saturated carbocycles. The highest BCUT2D eigenvalue weighted by atomic mass is 32.1. The second-order valence-corrected chi connectivity index (χ2v) is 11.3. The lowest BCUT2D eigenvalue weighted by Gasteiger charge is -2.34. The summed E-state index contributed by atoms with van der Waals surface area (Å²) in [5.41, 5.74) is 3.66. The van der Waals surface area contributed by atoms with Crippen molar-refractivity contribution in [3.05, 3.63) is 59.7 Å². The van der Waals surface area contributed by atoms with Crippen LogP contribution in [0, 0.1) is 11.8 Å². The largest absolute Gasteiger partial charge is 0.465 e. The molecule has 0 spiro atoms. The molecule has 1 aliphatic carbocycles. The topological polar surface area (TPSA) is 76.8 Å². The van der Waals surface area contributed by atoms with Crippen LogP contribution in [0.3, 0.4) is 0 Å². The van der Waals surface area contributed by atoms with Crippen molar-refractivity contribution in [1.29, 1.82) is 0 Å². The van der Waals surface area contributed by atoms with Crippen LogP contribution in [0.25, 0.3) is 27.3 Å². The lowest BCUT2D eigenvalue weighted by atomic mass is 9.81. The van der Waals surface area contributed by atoms with E-state index in [1.54, 1.807) is 27.7 Å². The minimum absolute atomic E-state index is 0.0701. The second-order valence-electron chi connectivity index (χ2n) is 10.2. The Balaban J connectivity index is 1.44. The van der Waals surface area contributed by atoms with Gasteiger partial charge in [-0.2, -0.15) is 18.3 Å². The summed E-state index contributed by atoms with van der Waals surface area (Å²) in [4.78, 5) is 33.3. The molecular formula is C29H29F3N4O3S.